The average molecular weight is 187 g/mol. The molecule has 9 heavy (non-hydrogen) atoms. The molecule has 0 unspecified atom stereocenters. The van der Waals surface area contributed by atoms with Crippen LogP contribution < -0.4 is 4.74 Å². The van der Waals surface area contributed by atoms with Crippen molar-refractivity contribution in [1.82, 2.24) is 4.98 Å². The van der Waals surface area contributed by atoms with Crippen molar-refractivity contribution in [1.29, 1.82) is 0 Å². The zero-order valence-corrected chi connectivity index (χ0v) is 6.47. The molecule has 1 aromatic rings. The monoisotopic (exact) mass is 186 g/mol. The highest BCUT2D eigenvalue weighted by atomic mass is 79.9. The molecule has 1 radical (unpaired) electrons. The van der Waals surface area contributed by atoms with Gasteiger partial charge in [-0.1, -0.05) is 0 Å². The predicted molar refractivity (Wildman–Crippen MR) is 37.3 cm³/mol. The summed E-state index contributed by atoms with van der Waals surface area (Å²) in [6.07, 6.45) is 2.69. The number of hydrogen-bond acceptors (Lipinski definition) is 2. The van der Waals surface area contributed by atoms with Gasteiger partial charge >= 0.3 is 0 Å². The highest BCUT2D eigenvalue weighted by molar-refractivity contribution is 9.10. The first-order valence-electron chi connectivity index (χ1n) is 2.41. The second-order valence-corrected chi connectivity index (χ2v) is 2.30. The molecule has 0 aromatic carbocycles. The molecule has 0 aliphatic heterocycles. The lowest BCUT2D eigenvalue weighted by molar-refractivity contribution is 0.397. The lowest BCUT2D eigenvalue weighted by Gasteiger charge is -1.94. The van der Waals surface area contributed by atoms with Crippen LogP contribution in [-0.4, -0.2) is 12.1 Å². The molecule has 0 fully saturated rings. The number of aromatic nitrogens is 1. The van der Waals surface area contributed by atoms with Gasteiger partial charge in [-0.2, -0.15) is 0 Å². The summed E-state index contributed by atoms with van der Waals surface area (Å²) in [5, 5.41) is 0. The Morgan fingerprint density at radius 3 is 2.89 bits per heavy atom. The van der Waals surface area contributed by atoms with Gasteiger partial charge in [0.15, 0.2) is 0 Å². The van der Waals surface area contributed by atoms with Crippen LogP contribution in [0.4, 0.5) is 0 Å². The van der Waals surface area contributed by atoms with E-state index in [0.29, 0.717) is 5.88 Å². The smallest absolute Gasteiger partial charge is 0.213 e. The van der Waals surface area contributed by atoms with Crippen molar-refractivity contribution in [3.8, 4) is 5.88 Å². The highest BCUT2D eigenvalue weighted by Gasteiger charge is 1.89. The third kappa shape index (κ3) is 1.68. The number of rotatable bonds is 1. The summed E-state index contributed by atoms with van der Waals surface area (Å²) in [6, 6.07) is 3.59. The second-order valence-electron chi connectivity index (χ2n) is 1.45. The Morgan fingerprint density at radius 1 is 1.67 bits per heavy atom. The lowest BCUT2D eigenvalue weighted by atomic mass is 10.5. The third-order valence-corrected chi connectivity index (χ3v) is 1.30. The summed E-state index contributed by atoms with van der Waals surface area (Å²) in [5.41, 5.74) is 0. The number of ether oxygens (including phenoxy) is 1. The average Bonchev–Trinajstić information content (AvgIpc) is 1.90. The fourth-order valence-corrected chi connectivity index (χ4v) is 0.662. The Balaban J connectivity index is 2.88. The molecule has 0 N–H and O–H groups in total. The standard InChI is InChI=1S/C6H5BrNO/c1-9-6-3-2-5(7)4-8-6/h2-3H,1H3. The van der Waals surface area contributed by atoms with Crippen molar-refractivity contribution in [2.45, 2.75) is 0 Å². The van der Waals surface area contributed by atoms with Crippen LogP contribution in [0.3, 0.4) is 0 Å². The predicted octanol–water partition coefficient (Wildman–Crippen LogP) is 1.65. The first kappa shape index (κ1) is 6.55. The summed E-state index contributed by atoms with van der Waals surface area (Å²) in [5.74, 6) is 0.582. The molecule has 0 spiro atoms. The van der Waals surface area contributed by atoms with E-state index >= 15 is 0 Å². The van der Waals surface area contributed by atoms with Crippen molar-refractivity contribution in [3.63, 3.8) is 0 Å². The van der Waals surface area contributed by atoms with Crippen molar-refractivity contribution in [2.75, 3.05) is 7.11 Å². The van der Waals surface area contributed by atoms with E-state index < -0.39 is 0 Å². The van der Waals surface area contributed by atoms with Gasteiger partial charge in [-0.3, -0.25) is 0 Å². The van der Waals surface area contributed by atoms with Gasteiger partial charge in [-0.15, -0.1) is 0 Å². The van der Waals surface area contributed by atoms with Gasteiger partial charge in [0, 0.05) is 10.5 Å². The summed E-state index contributed by atoms with van der Waals surface area (Å²) in [7, 11) is 1.57. The zero-order chi connectivity index (χ0) is 6.69. The summed E-state index contributed by atoms with van der Waals surface area (Å²) >= 11 is 3.20. The maximum absolute atomic E-state index is 4.81. The molecule has 1 rings (SSSR count). The molecule has 0 saturated heterocycles. The normalized spacial score (nSPS) is 9.11. The Morgan fingerprint density at radius 2 is 2.44 bits per heavy atom. The van der Waals surface area contributed by atoms with E-state index in [-0.39, 0.29) is 0 Å². The Hall–Kier alpha value is -0.570. The second kappa shape index (κ2) is 2.82. The third-order valence-electron chi connectivity index (χ3n) is 0.854. The first-order chi connectivity index (χ1) is 4.33. The van der Waals surface area contributed by atoms with Crippen molar-refractivity contribution in [2.24, 2.45) is 0 Å². The van der Waals surface area contributed by atoms with E-state index in [2.05, 4.69) is 27.1 Å². The molecule has 1 aromatic heterocycles. The molecule has 0 saturated carbocycles. The number of nitrogens with zero attached hydrogens (tertiary/aromatic N) is 1. The fourth-order valence-electron chi connectivity index (χ4n) is 0.441. The van der Waals surface area contributed by atoms with E-state index in [1.165, 1.54) is 0 Å². The Kier molecular flexibility index (Phi) is 2.05. The highest BCUT2D eigenvalue weighted by Crippen LogP contribution is 2.10. The van der Waals surface area contributed by atoms with Crippen molar-refractivity contribution in [3.05, 3.63) is 22.8 Å². The van der Waals surface area contributed by atoms with Gasteiger partial charge in [0.1, 0.15) is 6.20 Å². The fraction of sp³-hybridized carbons (Fsp3) is 0.167. The maximum atomic E-state index is 4.81. The van der Waals surface area contributed by atoms with Gasteiger partial charge in [0.05, 0.1) is 7.11 Å². The minimum absolute atomic E-state index is 0.582. The SMILES string of the molecule is COc1ccc(Br)[c]n1. The van der Waals surface area contributed by atoms with Crippen molar-refractivity contribution >= 4 is 15.9 Å². The molecule has 0 aliphatic rings. The molecule has 3 heteroatoms. The molecule has 0 aliphatic carbocycles. The van der Waals surface area contributed by atoms with E-state index in [1.54, 1.807) is 13.2 Å². The number of halogens is 1. The van der Waals surface area contributed by atoms with Crippen LogP contribution in [0.15, 0.2) is 16.6 Å². The van der Waals surface area contributed by atoms with Crippen LogP contribution in [0, 0.1) is 6.20 Å². The van der Waals surface area contributed by atoms with Crippen LogP contribution in [0.2, 0.25) is 0 Å². The molecular formula is C6H5BrNO. The summed E-state index contributed by atoms with van der Waals surface area (Å²) in [6.45, 7) is 0. The summed E-state index contributed by atoms with van der Waals surface area (Å²) < 4.78 is 5.64. The van der Waals surface area contributed by atoms with Gasteiger partial charge in [0.25, 0.3) is 0 Å². The van der Waals surface area contributed by atoms with Crippen LogP contribution in [0.25, 0.3) is 0 Å². The molecule has 2 nitrogen and oxygen atoms in total. The van der Waals surface area contributed by atoms with Crippen LogP contribution in [-0.2, 0) is 0 Å². The molecule has 0 bridgehead atoms. The Labute approximate surface area is 62.0 Å². The zero-order valence-electron chi connectivity index (χ0n) is 4.89. The van der Waals surface area contributed by atoms with Gasteiger partial charge in [0.2, 0.25) is 5.88 Å². The molecule has 1 heterocycles. The van der Waals surface area contributed by atoms with Crippen LogP contribution in [0.5, 0.6) is 5.88 Å². The molecule has 0 amide bonds. The molecule has 0 atom stereocenters. The van der Waals surface area contributed by atoms with E-state index in [0.717, 1.165) is 4.47 Å². The van der Waals surface area contributed by atoms with Gasteiger partial charge < -0.3 is 4.74 Å². The van der Waals surface area contributed by atoms with E-state index in [9.17, 15) is 0 Å². The van der Waals surface area contributed by atoms with E-state index in [1.807, 2.05) is 6.07 Å². The minimum Gasteiger partial charge on any atom is -0.481 e. The topological polar surface area (TPSA) is 22.1 Å². The maximum Gasteiger partial charge on any atom is 0.213 e. The quantitative estimate of drug-likeness (QED) is 0.666. The van der Waals surface area contributed by atoms with Crippen LogP contribution >= 0.6 is 15.9 Å². The van der Waals surface area contributed by atoms with Gasteiger partial charge in [-0.25, -0.2) is 4.98 Å². The number of methoxy groups -OCH3 is 1. The minimum atomic E-state index is 0.582. The largest absolute Gasteiger partial charge is 0.481 e. The number of hydrogen-bond donors (Lipinski definition) is 0. The van der Waals surface area contributed by atoms with E-state index in [4.69, 9.17) is 4.74 Å². The first-order valence-corrected chi connectivity index (χ1v) is 3.20. The molecular weight excluding hydrogens is 182 g/mol. The lowest BCUT2D eigenvalue weighted by Crippen LogP contribution is -1.84. The number of pyridine rings is 1. The Bertz CT molecular complexity index is 185. The van der Waals surface area contributed by atoms with Crippen LogP contribution in [0.1, 0.15) is 0 Å². The van der Waals surface area contributed by atoms with Gasteiger partial charge in [-0.05, 0) is 22.0 Å². The van der Waals surface area contributed by atoms with Crippen molar-refractivity contribution < 1.29 is 4.74 Å². The molecule has 47 valence electrons. The summed E-state index contributed by atoms with van der Waals surface area (Å²) in [4.78, 5) is 3.80.